The molecule has 0 spiro atoms. The number of hydrogen-bond donors (Lipinski definition) is 0. The van der Waals surface area contributed by atoms with E-state index in [2.05, 4.69) is 25.9 Å². The van der Waals surface area contributed by atoms with Gasteiger partial charge >= 0.3 is 0 Å². The molecule has 0 atom stereocenters. The number of aryl methyl sites for hydroxylation is 2. The molecule has 0 saturated carbocycles. The lowest BCUT2D eigenvalue weighted by Crippen LogP contribution is -1.96. The first kappa shape index (κ1) is 13.4. The van der Waals surface area contributed by atoms with E-state index < -0.39 is 4.92 Å². The van der Waals surface area contributed by atoms with Crippen LogP contribution in [0.1, 0.15) is 11.1 Å². The van der Waals surface area contributed by atoms with Crippen LogP contribution in [-0.2, 0) is 0 Å². The monoisotopic (exact) mass is 323 g/mol. The van der Waals surface area contributed by atoms with Crippen LogP contribution in [0.3, 0.4) is 0 Å². The summed E-state index contributed by atoms with van der Waals surface area (Å²) in [5.74, 6) is 0.909. The van der Waals surface area contributed by atoms with E-state index in [0.29, 0.717) is 27.4 Å². The molecule has 0 fully saturated rings. The highest BCUT2D eigenvalue weighted by Gasteiger charge is 2.14. The van der Waals surface area contributed by atoms with E-state index >= 15 is 0 Å². The van der Waals surface area contributed by atoms with Crippen LogP contribution in [0.5, 0.6) is 11.6 Å². The molecule has 7 heteroatoms. The summed E-state index contributed by atoms with van der Waals surface area (Å²) in [6.07, 6.45) is 1.37. The van der Waals surface area contributed by atoms with Gasteiger partial charge in [-0.2, -0.15) is 0 Å². The Morgan fingerprint density at radius 1 is 1.21 bits per heavy atom. The molecule has 98 valence electrons. The van der Waals surface area contributed by atoms with Gasteiger partial charge in [-0.25, -0.2) is 9.97 Å². The third kappa shape index (κ3) is 3.05. The van der Waals surface area contributed by atoms with Crippen molar-refractivity contribution in [3.63, 3.8) is 0 Å². The van der Waals surface area contributed by atoms with E-state index in [4.69, 9.17) is 4.74 Å². The first-order valence-electron chi connectivity index (χ1n) is 5.38. The Kier molecular flexibility index (Phi) is 3.75. The highest BCUT2D eigenvalue weighted by Crippen LogP contribution is 2.30. The summed E-state index contributed by atoms with van der Waals surface area (Å²) in [7, 11) is 0. The largest absolute Gasteiger partial charge is 0.439 e. The Morgan fingerprint density at radius 2 is 1.95 bits per heavy atom. The van der Waals surface area contributed by atoms with Crippen LogP contribution in [0.15, 0.2) is 29.1 Å². The molecular formula is C12H10BrN3O3. The summed E-state index contributed by atoms with van der Waals surface area (Å²) in [5.41, 5.74) is 1.29. The molecule has 6 nitrogen and oxygen atoms in total. The second-order valence-electron chi connectivity index (χ2n) is 3.94. The minimum Gasteiger partial charge on any atom is -0.439 e. The van der Waals surface area contributed by atoms with Crippen molar-refractivity contribution in [2.24, 2.45) is 0 Å². The maximum absolute atomic E-state index is 10.8. The van der Waals surface area contributed by atoms with Crippen molar-refractivity contribution in [1.29, 1.82) is 0 Å². The van der Waals surface area contributed by atoms with Crippen LogP contribution >= 0.6 is 15.9 Å². The number of aromatic nitrogens is 2. The number of benzene rings is 1. The molecule has 1 aromatic carbocycles. The van der Waals surface area contributed by atoms with E-state index in [-0.39, 0.29) is 5.69 Å². The first-order valence-corrected chi connectivity index (χ1v) is 6.17. The molecule has 0 radical (unpaired) electrons. The molecule has 0 aliphatic carbocycles. The third-order valence-electron chi connectivity index (χ3n) is 2.51. The summed E-state index contributed by atoms with van der Waals surface area (Å²) in [6, 6.07) is 4.74. The van der Waals surface area contributed by atoms with Crippen molar-refractivity contribution in [2.45, 2.75) is 13.8 Å². The number of ether oxygens (including phenoxy) is 1. The van der Waals surface area contributed by atoms with Crippen LogP contribution in [0, 0.1) is 24.0 Å². The summed E-state index contributed by atoms with van der Waals surface area (Å²) in [4.78, 5) is 18.3. The molecule has 2 rings (SSSR count). The van der Waals surface area contributed by atoms with Crippen LogP contribution in [0.2, 0.25) is 0 Å². The van der Waals surface area contributed by atoms with Crippen LogP contribution < -0.4 is 4.74 Å². The molecule has 0 unspecified atom stereocenters. The average molecular weight is 324 g/mol. The molecule has 0 saturated heterocycles. The van der Waals surface area contributed by atoms with Gasteiger partial charge in [-0.15, -0.1) is 0 Å². The van der Waals surface area contributed by atoms with Gasteiger partial charge in [-0.05, 0) is 41.4 Å². The maximum Gasteiger partial charge on any atom is 0.272 e. The molecule has 1 aromatic heterocycles. The molecule has 0 aliphatic rings. The molecule has 0 aliphatic heterocycles. The zero-order valence-corrected chi connectivity index (χ0v) is 11.8. The van der Waals surface area contributed by atoms with Crippen LogP contribution in [-0.4, -0.2) is 14.9 Å². The normalized spacial score (nSPS) is 10.3. The summed E-state index contributed by atoms with van der Waals surface area (Å²) < 4.78 is 6.21. The lowest BCUT2D eigenvalue weighted by Gasteiger charge is -2.09. The van der Waals surface area contributed by atoms with E-state index in [0.717, 1.165) is 0 Å². The predicted molar refractivity (Wildman–Crippen MR) is 72.4 cm³/mol. The molecule has 2 aromatic rings. The van der Waals surface area contributed by atoms with Crippen LogP contribution in [0.25, 0.3) is 0 Å². The zero-order valence-electron chi connectivity index (χ0n) is 10.3. The fraction of sp³-hybridized carbons (Fsp3) is 0.167. The standard InChI is InChI=1S/C12H10BrN3O3/c1-7-4-10(8(2)3-9(7)16(17)18)19-12-5-11(13)14-6-15-12/h3-6H,1-2H3. The minimum atomic E-state index is -0.409. The van der Waals surface area contributed by atoms with E-state index in [1.54, 1.807) is 26.0 Å². The Hall–Kier alpha value is -2.02. The predicted octanol–water partition coefficient (Wildman–Crippen LogP) is 3.56. The third-order valence-corrected chi connectivity index (χ3v) is 2.95. The van der Waals surface area contributed by atoms with Gasteiger partial charge in [0.05, 0.1) is 4.92 Å². The zero-order chi connectivity index (χ0) is 14.0. The van der Waals surface area contributed by atoms with E-state index in [1.807, 2.05) is 0 Å². The number of halogens is 1. The first-order chi connectivity index (χ1) is 8.97. The summed E-state index contributed by atoms with van der Waals surface area (Å²) in [6.45, 7) is 3.42. The average Bonchev–Trinajstić information content (AvgIpc) is 2.33. The second-order valence-corrected chi connectivity index (χ2v) is 4.75. The van der Waals surface area contributed by atoms with E-state index in [1.165, 1.54) is 12.4 Å². The lowest BCUT2D eigenvalue weighted by molar-refractivity contribution is -0.385. The number of nitro groups is 1. The molecule has 0 bridgehead atoms. The fourth-order valence-corrected chi connectivity index (χ4v) is 1.85. The Balaban J connectivity index is 2.36. The number of nitro benzene ring substituents is 1. The lowest BCUT2D eigenvalue weighted by atomic mass is 10.1. The van der Waals surface area contributed by atoms with Crippen molar-refractivity contribution >= 4 is 21.6 Å². The van der Waals surface area contributed by atoms with Gasteiger partial charge in [-0.3, -0.25) is 10.1 Å². The van der Waals surface area contributed by atoms with Gasteiger partial charge in [-0.1, -0.05) is 0 Å². The van der Waals surface area contributed by atoms with Gasteiger partial charge in [0.15, 0.2) is 0 Å². The van der Waals surface area contributed by atoms with Gasteiger partial charge in [0.25, 0.3) is 5.69 Å². The number of hydrogen-bond acceptors (Lipinski definition) is 5. The van der Waals surface area contributed by atoms with Crippen molar-refractivity contribution in [2.75, 3.05) is 0 Å². The quantitative estimate of drug-likeness (QED) is 0.490. The second kappa shape index (κ2) is 5.31. The fourth-order valence-electron chi connectivity index (χ4n) is 1.57. The van der Waals surface area contributed by atoms with Gasteiger partial charge in [0, 0.05) is 17.7 Å². The van der Waals surface area contributed by atoms with Crippen molar-refractivity contribution in [3.05, 3.63) is 50.4 Å². The Bertz CT molecular complexity index is 646. The van der Waals surface area contributed by atoms with Crippen molar-refractivity contribution < 1.29 is 9.66 Å². The number of nitrogens with zero attached hydrogens (tertiary/aromatic N) is 3. The van der Waals surface area contributed by atoms with E-state index in [9.17, 15) is 10.1 Å². The minimum absolute atomic E-state index is 0.0775. The highest BCUT2D eigenvalue weighted by atomic mass is 79.9. The Labute approximate surface area is 117 Å². The molecular weight excluding hydrogens is 314 g/mol. The van der Waals surface area contributed by atoms with Crippen LogP contribution in [0.4, 0.5) is 5.69 Å². The van der Waals surface area contributed by atoms with Gasteiger partial charge in [0.1, 0.15) is 16.7 Å². The summed E-state index contributed by atoms with van der Waals surface area (Å²) >= 11 is 3.22. The maximum atomic E-state index is 10.8. The SMILES string of the molecule is Cc1cc([N+](=O)[O-])c(C)cc1Oc1cc(Br)ncn1. The summed E-state index contributed by atoms with van der Waals surface area (Å²) in [5, 5.41) is 10.8. The highest BCUT2D eigenvalue weighted by molar-refractivity contribution is 9.10. The molecule has 0 amide bonds. The van der Waals surface area contributed by atoms with Crippen molar-refractivity contribution in [3.8, 4) is 11.6 Å². The van der Waals surface area contributed by atoms with Gasteiger partial charge < -0.3 is 4.74 Å². The molecule has 0 N–H and O–H groups in total. The Morgan fingerprint density at radius 3 is 2.58 bits per heavy atom. The topological polar surface area (TPSA) is 78.2 Å². The van der Waals surface area contributed by atoms with Gasteiger partial charge in [0.2, 0.25) is 5.88 Å². The molecule has 19 heavy (non-hydrogen) atoms. The molecule has 1 heterocycles. The smallest absolute Gasteiger partial charge is 0.272 e. The number of rotatable bonds is 3. The van der Waals surface area contributed by atoms with Crippen molar-refractivity contribution in [1.82, 2.24) is 9.97 Å².